The van der Waals surface area contributed by atoms with Crippen LogP contribution in [0.4, 0.5) is 0 Å². The van der Waals surface area contributed by atoms with Crippen molar-refractivity contribution in [2.24, 2.45) is 0 Å². The van der Waals surface area contributed by atoms with Crippen LogP contribution in [0, 0.1) is 6.92 Å². The van der Waals surface area contributed by atoms with E-state index >= 15 is 0 Å². The number of nitrogens with zero attached hydrogens (tertiary/aromatic N) is 3. The Morgan fingerprint density at radius 3 is 2.91 bits per heavy atom. The minimum absolute atomic E-state index is 0.275. The lowest BCUT2D eigenvalue weighted by Gasteiger charge is -2.08. The molecule has 0 N–H and O–H groups in total. The van der Waals surface area contributed by atoms with Gasteiger partial charge in [0.1, 0.15) is 0 Å². The summed E-state index contributed by atoms with van der Waals surface area (Å²) in [5, 5.41) is 4.61. The number of carbonyl (C=O) groups is 1. The molecule has 0 aliphatic heterocycles. The van der Waals surface area contributed by atoms with E-state index in [0.29, 0.717) is 18.1 Å². The van der Waals surface area contributed by atoms with Gasteiger partial charge in [0.25, 0.3) is 5.89 Å². The second-order valence-electron chi connectivity index (χ2n) is 4.89. The van der Waals surface area contributed by atoms with E-state index in [1.165, 1.54) is 0 Å². The van der Waals surface area contributed by atoms with Crippen molar-refractivity contribution in [1.29, 1.82) is 0 Å². The van der Waals surface area contributed by atoms with Crippen molar-refractivity contribution in [3.8, 4) is 0 Å². The van der Waals surface area contributed by atoms with Crippen molar-refractivity contribution < 1.29 is 14.1 Å². The van der Waals surface area contributed by atoms with Crippen LogP contribution in [-0.2, 0) is 16.0 Å². The fraction of sp³-hybridized carbons (Fsp3) is 0.333. The normalized spacial score (nSPS) is 12.5. The number of rotatable bonds is 5. The van der Waals surface area contributed by atoms with Gasteiger partial charge in [0.05, 0.1) is 21.6 Å². The third kappa shape index (κ3) is 3.30. The first kappa shape index (κ1) is 14.6. The van der Waals surface area contributed by atoms with E-state index in [1.807, 2.05) is 24.3 Å². The lowest BCUT2D eigenvalue weighted by Crippen LogP contribution is -2.10. The summed E-state index contributed by atoms with van der Waals surface area (Å²) in [6.07, 6.45) is 0.300. The van der Waals surface area contributed by atoms with Crippen molar-refractivity contribution in [1.82, 2.24) is 15.1 Å². The highest BCUT2D eigenvalue weighted by Crippen LogP contribution is 2.23. The molecule has 1 aromatic carbocycles. The Bertz CT molecular complexity index is 763. The summed E-state index contributed by atoms with van der Waals surface area (Å²) >= 11 is 1.60. The average Bonchev–Trinajstić information content (AvgIpc) is 3.10. The largest absolute Gasteiger partial charge is 0.453 e. The molecule has 0 saturated carbocycles. The smallest absolute Gasteiger partial charge is 0.306 e. The number of fused-ring (bicyclic) bond motifs is 1. The van der Waals surface area contributed by atoms with Gasteiger partial charge in [-0.05, 0) is 26.0 Å². The highest BCUT2D eigenvalue weighted by Gasteiger charge is 2.18. The van der Waals surface area contributed by atoms with E-state index in [1.54, 1.807) is 25.2 Å². The maximum absolute atomic E-state index is 11.9. The van der Waals surface area contributed by atoms with Gasteiger partial charge in [-0.2, -0.15) is 4.98 Å². The molecular weight excluding hydrogens is 302 g/mol. The van der Waals surface area contributed by atoms with Crippen LogP contribution in [0.2, 0.25) is 0 Å². The number of ether oxygens (including phenoxy) is 1. The molecule has 1 unspecified atom stereocenters. The Morgan fingerprint density at radius 2 is 2.18 bits per heavy atom. The van der Waals surface area contributed by atoms with Crippen LogP contribution in [0.15, 0.2) is 28.8 Å². The van der Waals surface area contributed by atoms with Crippen molar-refractivity contribution in [3.05, 3.63) is 41.0 Å². The van der Waals surface area contributed by atoms with Crippen molar-refractivity contribution >= 4 is 27.5 Å². The Labute approximate surface area is 131 Å². The van der Waals surface area contributed by atoms with Crippen LogP contribution in [0.3, 0.4) is 0 Å². The summed E-state index contributed by atoms with van der Waals surface area (Å²) in [6.45, 7) is 3.43. The molecule has 3 aromatic rings. The lowest BCUT2D eigenvalue weighted by molar-refractivity contribution is -0.149. The molecule has 0 spiro atoms. The monoisotopic (exact) mass is 317 g/mol. The van der Waals surface area contributed by atoms with Crippen LogP contribution in [-0.4, -0.2) is 21.1 Å². The predicted molar refractivity (Wildman–Crippen MR) is 81.5 cm³/mol. The summed E-state index contributed by atoms with van der Waals surface area (Å²) in [5.74, 6) is 0.529. The van der Waals surface area contributed by atoms with Crippen molar-refractivity contribution in [2.45, 2.75) is 32.8 Å². The maximum atomic E-state index is 11.9. The SMILES string of the molecule is Cc1noc(C(C)OC(=O)CCc2nc3ccccc3s2)n1. The number of aromatic nitrogens is 3. The van der Waals surface area contributed by atoms with Gasteiger partial charge in [0, 0.05) is 6.42 Å². The highest BCUT2D eigenvalue weighted by molar-refractivity contribution is 7.18. The first-order valence-corrected chi connectivity index (χ1v) is 7.77. The molecule has 2 heterocycles. The number of hydrogen-bond acceptors (Lipinski definition) is 7. The van der Waals surface area contributed by atoms with E-state index in [-0.39, 0.29) is 12.4 Å². The third-order valence-corrected chi connectivity index (χ3v) is 4.18. The highest BCUT2D eigenvalue weighted by atomic mass is 32.1. The molecule has 2 aromatic heterocycles. The molecule has 114 valence electrons. The molecule has 0 fully saturated rings. The van der Waals surface area contributed by atoms with Gasteiger partial charge in [0.15, 0.2) is 11.9 Å². The average molecular weight is 317 g/mol. The van der Waals surface area contributed by atoms with Gasteiger partial charge < -0.3 is 9.26 Å². The standard InChI is InChI=1S/C15H15N3O3S/c1-9(15-16-10(2)18-21-15)20-14(19)8-7-13-17-11-5-3-4-6-12(11)22-13/h3-6,9H,7-8H2,1-2H3. The van der Waals surface area contributed by atoms with E-state index in [0.717, 1.165) is 15.2 Å². The molecule has 0 aliphatic rings. The summed E-state index contributed by atoms with van der Waals surface area (Å²) in [4.78, 5) is 20.4. The van der Waals surface area contributed by atoms with Crippen molar-refractivity contribution in [3.63, 3.8) is 0 Å². The first-order chi connectivity index (χ1) is 10.6. The summed E-state index contributed by atoms with van der Waals surface area (Å²) in [7, 11) is 0. The lowest BCUT2D eigenvalue weighted by atomic mass is 10.3. The van der Waals surface area contributed by atoms with Gasteiger partial charge in [0.2, 0.25) is 0 Å². The van der Waals surface area contributed by atoms with E-state index in [2.05, 4.69) is 15.1 Å². The summed E-state index contributed by atoms with van der Waals surface area (Å²) in [6, 6.07) is 7.92. The molecule has 0 saturated heterocycles. The number of para-hydroxylation sites is 1. The number of carbonyl (C=O) groups excluding carboxylic acids is 1. The third-order valence-electron chi connectivity index (χ3n) is 3.08. The molecule has 0 amide bonds. The molecule has 3 rings (SSSR count). The zero-order valence-electron chi connectivity index (χ0n) is 12.3. The molecule has 7 heteroatoms. The van der Waals surface area contributed by atoms with Crippen LogP contribution in [0.25, 0.3) is 10.2 Å². The van der Waals surface area contributed by atoms with E-state index < -0.39 is 6.10 Å². The second-order valence-corrected chi connectivity index (χ2v) is 6.00. The molecule has 22 heavy (non-hydrogen) atoms. The molecule has 0 aliphatic carbocycles. The maximum Gasteiger partial charge on any atom is 0.306 e. The van der Waals surface area contributed by atoms with Crippen LogP contribution >= 0.6 is 11.3 Å². The molecule has 0 radical (unpaired) electrons. The number of esters is 1. The zero-order chi connectivity index (χ0) is 15.5. The second kappa shape index (κ2) is 6.23. The molecule has 0 bridgehead atoms. The predicted octanol–water partition coefficient (Wildman–Crippen LogP) is 3.22. The van der Waals surface area contributed by atoms with Crippen LogP contribution in [0.1, 0.15) is 36.2 Å². The Kier molecular flexibility index (Phi) is 4.15. The summed E-state index contributed by atoms with van der Waals surface area (Å²) < 4.78 is 11.4. The number of hydrogen-bond donors (Lipinski definition) is 0. The van der Waals surface area contributed by atoms with E-state index in [4.69, 9.17) is 9.26 Å². The molecular formula is C15H15N3O3S. The minimum atomic E-state index is -0.538. The fourth-order valence-corrected chi connectivity index (χ4v) is 2.99. The quantitative estimate of drug-likeness (QED) is 0.672. The van der Waals surface area contributed by atoms with Crippen LogP contribution in [0.5, 0.6) is 0 Å². The fourth-order valence-electron chi connectivity index (χ4n) is 2.02. The van der Waals surface area contributed by atoms with Crippen LogP contribution < -0.4 is 0 Å². The Hall–Kier alpha value is -2.28. The molecule has 6 nitrogen and oxygen atoms in total. The van der Waals surface area contributed by atoms with Gasteiger partial charge >= 0.3 is 5.97 Å². The Morgan fingerprint density at radius 1 is 1.36 bits per heavy atom. The van der Waals surface area contributed by atoms with Gasteiger partial charge in [-0.1, -0.05) is 17.3 Å². The van der Waals surface area contributed by atoms with Gasteiger partial charge in [-0.3, -0.25) is 4.79 Å². The Balaban J connectivity index is 1.55. The van der Waals surface area contributed by atoms with E-state index in [9.17, 15) is 4.79 Å². The van der Waals surface area contributed by atoms with Crippen molar-refractivity contribution in [2.75, 3.05) is 0 Å². The number of thiazole rings is 1. The first-order valence-electron chi connectivity index (χ1n) is 6.96. The van der Waals surface area contributed by atoms with Gasteiger partial charge in [-0.25, -0.2) is 4.98 Å². The minimum Gasteiger partial charge on any atom is -0.453 e. The zero-order valence-corrected chi connectivity index (χ0v) is 13.1. The topological polar surface area (TPSA) is 78.1 Å². The summed E-state index contributed by atoms with van der Waals surface area (Å²) in [5.41, 5.74) is 0.963. The molecule has 1 atom stereocenters. The number of aryl methyl sites for hydroxylation is 2. The number of benzene rings is 1. The van der Waals surface area contributed by atoms with Gasteiger partial charge in [-0.15, -0.1) is 11.3 Å².